The Morgan fingerprint density at radius 3 is 2.39 bits per heavy atom. The van der Waals surface area contributed by atoms with Crippen LogP contribution in [-0.2, 0) is 14.6 Å². The van der Waals surface area contributed by atoms with Gasteiger partial charge in [0.1, 0.15) is 0 Å². The van der Waals surface area contributed by atoms with Crippen LogP contribution in [0.1, 0.15) is 26.7 Å². The van der Waals surface area contributed by atoms with Gasteiger partial charge in [-0.05, 0) is 48.9 Å². The summed E-state index contributed by atoms with van der Waals surface area (Å²) in [6, 6.07) is 10.6. The van der Waals surface area contributed by atoms with E-state index in [4.69, 9.17) is 4.74 Å². The molecular weight excluding hydrogens is 414 g/mol. The molecule has 1 aromatic heterocycles. The number of hydrogen-bond acceptors (Lipinski definition) is 6. The number of pyridine rings is 1. The lowest BCUT2D eigenvalue weighted by atomic mass is 9.97. The van der Waals surface area contributed by atoms with Crippen molar-refractivity contribution in [2.24, 2.45) is 11.8 Å². The molecule has 3 rings (SSSR count). The number of carbonyl (C=O) groups excluding carboxylic acids is 1. The molecule has 0 spiro atoms. The summed E-state index contributed by atoms with van der Waals surface area (Å²) in [5.41, 5.74) is 2.60. The molecule has 2 aromatic rings. The Hall–Kier alpha value is -2.61. The van der Waals surface area contributed by atoms with Crippen molar-refractivity contribution in [3.63, 3.8) is 0 Å². The van der Waals surface area contributed by atoms with Crippen molar-refractivity contribution in [2.45, 2.75) is 31.6 Å². The number of benzene rings is 1. The summed E-state index contributed by atoms with van der Waals surface area (Å²) < 4.78 is 28.5. The number of nitrogens with zero attached hydrogens (tertiary/aromatic N) is 2. The van der Waals surface area contributed by atoms with Crippen LogP contribution in [-0.4, -0.2) is 56.9 Å². The Kier molecular flexibility index (Phi) is 7.54. The molecule has 1 amide bonds. The number of sulfone groups is 1. The van der Waals surface area contributed by atoms with Gasteiger partial charge < -0.3 is 15.0 Å². The number of amides is 1. The maximum atomic E-state index is 12.1. The lowest BCUT2D eigenvalue weighted by Crippen LogP contribution is -2.40. The lowest BCUT2D eigenvalue weighted by molar-refractivity contribution is 0.0799. The first-order valence-corrected chi connectivity index (χ1v) is 12.5. The van der Waals surface area contributed by atoms with Gasteiger partial charge in [0.2, 0.25) is 0 Å². The van der Waals surface area contributed by atoms with Crippen molar-refractivity contribution in [1.29, 1.82) is 0 Å². The molecule has 0 aliphatic carbocycles. The second-order valence-corrected chi connectivity index (χ2v) is 10.5. The zero-order valence-electron chi connectivity index (χ0n) is 18.4. The Morgan fingerprint density at radius 2 is 1.84 bits per heavy atom. The highest BCUT2D eigenvalue weighted by Crippen LogP contribution is 2.22. The molecule has 1 aromatic carbocycles. The monoisotopic (exact) mass is 445 g/mol. The standard InChI is InChI=1S/C23H31N3O4S/c1-17(2)16-30-23(27)26-12-10-18(11-13-26)14-24-20-6-9-22(25-15-20)19-4-7-21(8-5-19)31(3,28)29/h4-9,15,17-18,24H,10-14,16H2,1-3H3. The maximum absolute atomic E-state index is 12.1. The normalized spacial score (nSPS) is 15.2. The Balaban J connectivity index is 1.46. The summed E-state index contributed by atoms with van der Waals surface area (Å²) in [7, 11) is -3.20. The summed E-state index contributed by atoms with van der Waals surface area (Å²) in [5, 5.41) is 3.43. The minimum absolute atomic E-state index is 0.204. The maximum Gasteiger partial charge on any atom is 0.409 e. The number of piperidine rings is 1. The third-order valence-electron chi connectivity index (χ3n) is 5.35. The van der Waals surface area contributed by atoms with Crippen molar-refractivity contribution >= 4 is 21.6 Å². The van der Waals surface area contributed by atoms with Gasteiger partial charge in [-0.15, -0.1) is 0 Å². The van der Waals surface area contributed by atoms with Gasteiger partial charge in [-0.2, -0.15) is 0 Å². The fourth-order valence-electron chi connectivity index (χ4n) is 3.45. The zero-order chi connectivity index (χ0) is 22.4. The number of rotatable bonds is 7. The van der Waals surface area contributed by atoms with E-state index in [9.17, 15) is 13.2 Å². The third kappa shape index (κ3) is 6.69. The van der Waals surface area contributed by atoms with E-state index in [-0.39, 0.29) is 6.09 Å². The average molecular weight is 446 g/mol. The van der Waals surface area contributed by atoms with Crippen LogP contribution in [0.25, 0.3) is 11.3 Å². The molecule has 8 heteroatoms. The molecule has 1 fully saturated rings. The first-order chi connectivity index (χ1) is 14.7. The summed E-state index contributed by atoms with van der Waals surface area (Å²) >= 11 is 0. The van der Waals surface area contributed by atoms with E-state index in [1.807, 2.05) is 26.0 Å². The van der Waals surface area contributed by atoms with Crippen LogP contribution in [0.2, 0.25) is 0 Å². The fourth-order valence-corrected chi connectivity index (χ4v) is 4.08. The number of carbonyl (C=O) groups is 1. The van der Waals surface area contributed by atoms with E-state index in [1.54, 1.807) is 35.4 Å². The zero-order valence-corrected chi connectivity index (χ0v) is 19.2. The van der Waals surface area contributed by atoms with E-state index in [1.165, 1.54) is 6.26 Å². The van der Waals surface area contributed by atoms with Crippen molar-refractivity contribution in [2.75, 3.05) is 37.8 Å². The molecule has 168 valence electrons. The highest BCUT2D eigenvalue weighted by Gasteiger charge is 2.23. The molecule has 0 atom stereocenters. The molecule has 31 heavy (non-hydrogen) atoms. The quantitative estimate of drug-likeness (QED) is 0.691. The van der Waals surface area contributed by atoms with Crippen LogP contribution in [0, 0.1) is 11.8 Å². The molecule has 0 bridgehead atoms. The molecule has 1 N–H and O–H groups in total. The summed E-state index contributed by atoms with van der Waals surface area (Å²) in [6.07, 6.45) is 4.68. The average Bonchev–Trinajstić information content (AvgIpc) is 2.76. The highest BCUT2D eigenvalue weighted by atomic mass is 32.2. The van der Waals surface area contributed by atoms with Crippen molar-refractivity contribution < 1.29 is 17.9 Å². The number of hydrogen-bond donors (Lipinski definition) is 1. The molecule has 0 unspecified atom stereocenters. The number of anilines is 1. The van der Waals surface area contributed by atoms with Crippen LogP contribution in [0.4, 0.5) is 10.5 Å². The molecule has 1 saturated heterocycles. The summed E-state index contributed by atoms with van der Waals surface area (Å²) in [5.74, 6) is 0.842. The number of likely N-dealkylation sites (tertiary alicyclic amines) is 1. The van der Waals surface area contributed by atoms with E-state index >= 15 is 0 Å². The minimum Gasteiger partial charge on any atom is -0.449 e. The Morgan fingerprint density at radius 1 is 1.16 bits per heavy atom. The van der Waals surface area contributed by atoms with E-state index in [0.717, 1.165) is 49.4 Å². The predicted molar refractivity (Wildman–Crippen MR) is 122 cm³/mol. The minimum atomic E-state index is -3.20. The number of ether oxygens (including phenoxy) is 1. The first-order valence-electron chi connectivity index (χ1n) is 10.6. The van der Waals surface area contributed by atoms with E-state index in [2.05, 4.69) is 10.3 Å². The largest absolute Gasteiger partial charge is 0.449 e. The Bertz CT molecular complexity index is 965. The Labute approximate surface area is 184 Å². The molecule has 0 radical (unpaired) electrons. The van der Waals surface area contributed by atoms with E-state index in [0.29, 0.717) is 23.3 Å². The van der Waals surface area contributed by atoms with Crippen LogP contribution in [0.15, 0.2) is 47.5 Å². The van der Waals surface area contributed by atoms with Crippen molar-refractivity contribution in [3.8, 4) is 11.3 Å². The van der Waals surface area contributed by atoms with Gasteiger partial charge in [0, 0.05) is 31.5 Å². The van der Waals surface area contributed by atoms with Crippen LogP contribution >= 0.6 is 0 Å². The van der Waals surface area contributed by atoms with Gasteiger partial charge >= 0.3 is 6.09 Å². The highest BCUT2D eigenvalue weighted by molar-refractivity contribution is 7.90. The lowest BCUT2D eigenvalue weighted by Gasteiger charge is -2.31. The second kappa shape index (κ2) is 10.1. The topological polar surface area (TPSA) is 88.6 Å². The second-order valence-electron chi connectivity index (χ2n) is 8.51. The number of aromatic nitrogens is 1. The smallest absolute Gasteiger partial charge is 0.409 e. The molecular formula is C23H31N3O4S. The molecule has 0 saturated carbocycles. The molecule has 2 heterocycles. The van der Waals surface area contributed by atoms with E-state index < -0.39 is 9.84 Å². The van der Waals surface area contributed by atoms with Crippen LogP contribution in [0.3, 0.4) is 0 Å². The van der Waals surface area contributed by atoms with Crippen LogP contribution < -0.4 is 5.32 Å². The van der Waals surface area contributed by atoms with Crippen LogP contribution in [0.5, 0.6) is 0 Å². The molecule has 7 nitrogen and oxygen atoms in total. The van der Waals surface area contributed by atoms with Gasteiger partial charge in [0.15, 0.2) is 9.84 Å². The van der Waals surface area contributed by atoms with Gasteiger partial charge in [-0.3, -0.25) is 4.98 Å². The molecule has 1 aliphatic heterocycles. The SMILES string of the molecule is CC(C)COC(=O)N1CCC(CNc2ccc(-c3ccc(S(C)(=O)=O)cc3)nc2)CC1. The van der Waals surface area contributed by atoms with Gasteiger partial charge in [-0.1, -0.05) is 26.0 Å². The summed E-state index contributed by atoms with van der Waals surface area (Å²) in [4.78, 5) is 18.6. The third-order valence-corrected chi connectivity index (χ3v) is 6.48. The van der Waals surface area contributed by atoms with Crippen molar-refractivity contribution in [3.05, 3.63) is 42.6 Å². The summed E-state index contributed by atoms with van der Waals surface area (Å²) in [6.45, 7) is 6.81. The molecule has 1 aliphatic rings. The van der Waals surface area contributed by atoms with Gasteiger partial charge in [0.05, 0.1) is 29.1 Å². The fraction of sp³-hybridized carbons (Fsp3) is 0.478. The first kappa shape index (κ1) is 23.1. The van der Waals surface area contributed by atoms with Gasteiger partial charge in [0.25, 0.3) is 0 Å². The predicted octanol–water partition coefficient (Wildman–Crippen LogP) is 4.07. The van der Waals surface area contributed by atoms with Gasteiger partial charge in [-0.25, -0.2) is 13.2 Å². The number of nitrogens with one attached hydrogen (secondary N) is 1. The van der Waals surface area contributed by atoms with Crippen molar-refractivity contribution in [1.82, 2.24) is 9.88 Å².